The van der Waals surface area contributed by atoms with Crippen LogP contribution in [0.5, 0.6) is 0 Å². The number of carbonyl (C=O) groups excluding carboxylic acids is 1. The van der Waals surface area contributed by atoms with Gasteiger partial charge in [0.15, 0.2) is 0 Å². The van der Waals surface area contributed by atoms with Gasteiger partial charge in [0, 0.05) is 18.0 Å². The zero-order valence-electron chi connectivity index (χ0n) is 9.45. The number of pyridine rings is 1. The van der Waals surface area contributed by atoms with Crippen LogP contribution < -0.4 is 5.43 Å². The minimum atomic E-state index is -0.194. The van der Waals surface area contributed by atoms with E-state index in [0.717, 1.165) is 11.0 Å². The molecule has 1 amide bonds. The van der Waals surface area contributed by atoms with Gasteiger partial charge in [0.25, 0.3) is 5.91 Å². The van der Waals surface area contributed by atoms with Crippen molar-refractivity contribution in [3.8, 4) is 0 Å². The van der Waals surface area contributed by atoms with Crippen LogP contribution in [0.4, 0.5) is 0 Å². The number of imidazole rings is 1. The molecule has 0 unspecified atom stereocenters. The van der Waals surface area contributed by atoms with Crippen molar-refractivity contribution in [2.75, 3.05) is 5.43 Å². The first-order valence-corrected chi connectivity index (χ1v) is 5.48. The van der Waals surface area contributed by atoms with Gasteiger partial charge in [-0.2, -0.15) is 0 Å². The lowest BCUT2D eigenvalue weighted by atomic mass is 10.2. The first-order chi connectivity index (χ1) is 8.84. The third-order valence-corrected chi connectivity index (χ3v) is 2.62. The summed E-state index contributed by atoms with van der Waals surface area (Å²) in [7, 11) is 0. The highest BCUT2D eigenvalue weighted by molar-refractivity contribution is 6.00. The Morgan fingerprint density at radius 1 is 1.11 bits per heavy atom. The van der Waals surface area contributed by atoms with Crippen LogP contribution in [0.1, 0.15) is 10.4 Å². The van der Waals surface area contributed by atoms with Crippen LogP contribution in [-0.4, -0.2) is 20.6 Å². The molecule has 0 aliphatic heterocycles. The zero-order valence-corrected chi connectivity index (χ0v) is 9.45. The van der Waals surface area contributed by atoms with E-state index < -0.39 is 0 Å². The molecule has 0 radical (unpaired) electrons. The highest BCUT2D eigenvalue weighted by Gasteiger charge is 2.07. The lowest BCUT2D eigenvalue weighted by Gasteiger charge is -2.06. The van der Waals surface area contributed by atoms with Gasteiger partial charge in [-0.15, -0.1) is 0 Å². The van der Waals surface area contributed by atoms with Gasteiger partial charge in [-0.1, -0.05) is 12.1 Å². The smallest absolute Gasteiger partial charge is 0.267 e. The van der Waals surface area contributed by atoms with Crippen LogP contribution in [0.25, 0.3) is 11.0 Å². The molecule has 0 aliphatic carbocycles. The number of nitrogens with zero attached hydrogens (tertiary/aromatic N) is 3. The highest BCUT2D eigenvalue weighted by atomic mass is 16.2. The van der Waals surface area contributed by atoms with E-state index >= 15 is 0 Å². The Morgan fingerprint density at radius 2 is 1.89 bits per heavy atom. The Bertz CT molecular complexity index is 690. The van der Waals surface area contributed by atoms with Gasteiger partial charge in [-0.25, -0.2) is 9.66 Å². The quantitative estimate of drug-likeness (QED) is 0.740. The number of fused-ring (bicyclic) bond motifs is 1. The third kappa shape index (κ3) is 1.82. The Kier molecular flexibility index (Phi) is 2.49. The monoisotopic (exact) mass is 238 g/mol. The SMILES string of the molecule is O=C(Nn1cnc2ccccc21)c1ccncc1. The lowest BCUT2D eigenvalue weighted by Crippen LogP contribution is -2.21. The summed E-state index contributed by atoms with van der Waals surface area (Å²) in [5, 5.41) is 0. The van der Waals surface area contributed by atoms with Gasteiger partial charge < -0.3 is 0 Å². The van der Waals surface area contributed by atoms with Crippen molar-refractivity contribution in [2.45, 2.75) is 0 Å². The average molecular weight is 238 g/mol. The van der Waals surface area contributed by atoms with E-state index in [4.69, 9.17) is 0 Å². The zero-order chi connectivity index (χ0) is 12.4. The Balaban J connectivity index is 1.91. The third-order valence-electron chi connectivity index (χ3n) is 2.62. The molecule has 0 spiro atoms. The summed E-state index contributed by atoms with van der Waals surface area (Å²) in [5.41, 5.74) is 5.03. The predicted octanol–water partition coefficient (Wildman–Crippen LogP) is 1.82. The number of benzene rings is 1. The van der Waals surface area contributed by atoms with Crippen LogP contribution in [0.15, 0.2) is 55.1 Å². The molecule has 0 aliphatic rings. The second-order valence-electron chi connectivity index (χ2n) is 3.78. The average Bonchev–Trinajstić information content (AvgIpc) is 2.83. The number of rotatable bonds is 2. The van der Waals surface area contributed by atoms with Crippen LogP contribution in [0.3, 0.4) is 0 Å². The summed E-state index contributed by atoms with van der Waals surface area (Å²) in [6.45, 7) is 0. The van der Waals surface area contributed by atoms with E-state index in [0.29, 0.717) is 5.56 Å². The van der Waals surface area contributed by atoms with Gasteiger partial charge in [0.2, 0.25) is 0 Å². The van der Waals surface area contributed by atoms with E-state index in [1.54, 1.807) is 35.5 Å². The summed E-state index contributed by atoms with van der Waals surface area (Å²) in [6, 6.07) is 10.9. The highest BCUT2D eigenvalue weighted by Crippen LogP contribution is 2.10. The molecule has 88 valence electrons. The van der Waals surface area contributed by atoms with Crippen molar-refractivity contribution in [1.29, 1.82) is 0 Å². The number of amides is 1. The Morgan fingerprint density at radius 3 is 2.72 bits per heavy atom. The van der Waals surface area contributed by atoms with E-state index in [9.17, 15) is 4.79 Å². The first kappa shape index (κ1) is 10.5. The van der Waals surface area contributed by atoms with Gasteiger partial charge in [0.05, 0.1) is 11.0 Å². The minimum Gasteiger partial charge on any atom is -0.267 e. The summed E-state index contributed by atoms with van der Waals surface area (Å²) in [5.74, 6) is -0.194. The molecule has 3 rings (SSSR count). The van der Waals surface area contributed by atoms with Crippen molar-refractivity contribution in [2.24, 2.45) is 0 Å². The number of aromatic nitrogens is 3. The van der Waals surface area contributed by atoms with Crippen molar-refractivity contribution < 1.29 is 4.79 Å². The molecule has 0 bridgehead atoms. The molecule has 1 N–H and O–H groups in total. The van der Waals surface area contributed by atoms with E-state index in [1.807, 2.05) is 24.3 Å². The number of hydrogen-bond donors (Lipinski definition) is 1. The summed E-state index contributed by atoms with van der Waals surface area (Å²) in [6.07, 6.45) is 4.76. The molecule has 0 atom stereocenters. The summed E-state index contributed by atoms with van der Waals surface area (Å²) >= 11 is 0. The normalized spacial score (nSPS) is 10.4. The fraction of sp³-hybridized carbons (Fsp3) is 0. The lowest BCUT2D eigenvalue weighted by molar-refractivity contribution is 0.101. The van der Waals surface area contributed by atoms with Crippen LogP contribution in [0.2, 0.25) is 0 Å². The first-order valence-electron chi connectivity index (χ1n) is 5.48. The van der Waals surface area contributed by atoms with E-state index in [-0.39, 0.29) is 5.91 Å². The molecule has 3 aromatic rings. The minimum absolute atomic E-state index is 0.194. The van der Waals surface area contributed by atoms with Gasteiger partial charge in [0.1, 0.15) is 6.33 Å². The number of carbonyl (C=O) groups is 1. The predicted molar refractivity (Wildman–Crippen MR) is 67.7 cm³/mol. The number of para-hydroxylation sites is 2. The standard InChI is InChI=1S/C13H10N4O/c18-13(10-5-7-14-8-6-10)16-17-9-15-11-3-1-2-4-12(11)17/h1-9H,(H,16,18). The van der Waals surface area contributed by atoms with Gasteiger partial charge in [-0.05, 0) is 24.3 Å². The number of nitrogens with one attached hydrogen (secondary N) is 1. The maximum Gasteiger partial charge on any atom is 0.270 e. The second-order valence-corrected chi connectivity index (χ2v) is 3.78. The molecule has 18 heavy (non-hydrogen) atoms. The molecular weight excluding hydrogens is 228 g/mol. The largest absolute Gasteiger partial charge is 0.270 e. The fourth-order valence-corrected chi connectivity index (χ4v) is 1.73. The van der Waals surface area contributed by atoms with Crippen molar-refractivity contribution >= 4 is 16.9 Å². The van der Waals surface area contributed by atoms with Crippen LogP contribution in [-0.2, 0) is 0 Å². The van der Waals surface area contributed by atoms with Crippen LogP contribution in [0, 0.1) is 0 Å². The summed E-state index contributed by atoms with van der Waals surface area (Å²) in [4.78, 5) is 20.0. The van der Waals surface area contributed by atoms with Gasteiger partial charge in [-0.3, -0.25) is 15.2 Å². The topological polar surface area (TPSA) is 59.8 Å². The van der Waals surface area contributed by atoms with E-state index in [2.05, 4.69) is 15.4 Å². The number of hydrogen-bond acceptors (Lipinski definition) is 3. The van der Waals surface area contributed by atoms with Crippen molar-refractivity contribution in [3.05, 3.63) is 60.7 Å². The van der Waals surface area contributed by atoms with Crippen molar-refractivity contribution in [3.63, 3.8) is 0 Å². The second kappa shape index (κ2) is 4.29. The Labute approximate surface area is 103 Å². The summed E-state index contributed by atoms with van der Waals surface area (Å²) < 4.78 is 1.61. The molecule has 5 nitrogen and oxygen atoms in total. The maximum absolute atomic E-state index is 12.0. The van der Waals surface area contributed by atoms with Crippen molar-refractivity contribution in [1.82, 2.24) is 14.6 Å². The molecule has 1 aromatic carbocycles. The molecule has 0 fully saturated rings. The van der Waals surface area contributed by atoms with Crippen LogP contribution >= 0.6 is 0 Å². The molecule has 2 heterocycles. The Hall–Kier alpha value is -2.69. The molecule has 0 saturated heterocycles. The molecule has 5 heteroatoms. The van der Waals surface area contributed by atoms with Gasteiger partial charge >= 0.3 is 0 Å². The maximum atomic E-state index is 12.0. The van der Waals surface area contributed by atoms with E-state index in [1.165, 1.54) is 0 Å². The fourth-order valence-electron chi connectivity index (χ4n) is 1.73. The molecular formula is C13H10N4O. The molecule has 0 saturated carbocycles. The molecule has 2 aromatic heterocycles.